The van der Waals surface area contributed by atoms with Crippen molar-refractivity contribution >= 4 is 17.0 Å². The van der Waals surface area contributed by atoms with Crippen molar-refractivity contribution in [3.05, 3.63) is 0 Å². The molecule has 0 N–H and O–H groups in total. The fourth-order valence-electron chi connectivity index (χ4n) is 3.53. The maximum atomic E-state index is 5.97. The van der Waals surface area contributed by atoms with E-state index in [1.807, 2.05) is 20.8 Å². The van der Waals surface area contributed by atoms with Crippen molar-refractivity contribution in [2.75, 3.05) is 52.5 Å². The summed E-state index contributed by atoms with van der Waals surface area (Å²) in [6.45, 7) is 26.2. The largest absolute Gasteiger partial charge is 0.500 e. The van der Waals surface area contributed by atoms with Crippen LogP contribution in [0.15, 0.2) is 0 Å². The molecule has 0 aromatic carbocycles. The van der Waals surface area contributed by atoms with E-state index in [0.29, 0.717) is 24.9 Å². The number of nitrogens with zero attached hydrogens (tertiary/aromatic N) is 2. The lowest BCUT2D eigenvalue weighted by Crippen LogP contribution is -2.61. The van der Waals surface area contributed by atoms with Crippen LogP contribution in [0.4, 0.5) is 0 Å². The zero-order chi connectivity index (χ0) is 19.8. The molecular formula is C19H44N2O3Si2. The average Bonchev–Trinajstić information content (AvgIpc) is 2.55. The fourth-order valence-corrected chi connectivity index (χ4v) is 8.39. The topological polar surface area (TPSA) is 34.2 Å². The molecule has 1 saturated heterocycles. The molecule has 0 unspecified atom stereocenters. The molecule has 0 amide bonds. The zero-order valence-electron chi connectivity index (χ0n) is 18.7. The molecular weight excluding hydrogens is 360 g/mol. The van der Waals surface area contributed by atoms with Gasteiger partial charge in [-0.25, -0.2) is 0 Å². The maximum absolute atomic E-state index is 5.97. The molecule has 0 aliphatic carbocycles. The van der Waals surface area contributed by atoms with E-state index in [4.69, 9.17) is 13.3 Å². The lowest BCUT2D eigenvalue weighted by Gasteiger charge is -2.49. The van der Waals surface area contributed by atoms with Gasteiger partial charge in [0.1, 0.15) is 8.24 Å². The van der Waals surface area contributed by atoms with Gasteiger partial charge in [0.25, 0.3) is 0 Å². The molecule has 1 aliphatic heterocycles. The van der Waals surface area contributed by atoms with Crippen LogP contribution >= 0.6 is 0 Å². The Morgan fingerprint density at radius 2 is 1.27 bits per heavy atom. The molecule has 0 spiro atoms. The Morgan fingerprint density at radius 1 is 0.808 bits per heavy atom. The summed E-state index contributed by atoms with van der Waals surface area (Å²) in [7, 11) is -3.85. The van der Waals surface area contributed by atoms with Crippen LogP contribution < -0.4 is 0 Å². The molecule has 0 atom stereocenters. The summed E-state index contributed by atoms with van der Waals surface area (Å²) in [4.78, 5) is 2.60. The minimum absolute atomic E-state index is 0.423. The van der Waals surface area contributed by atoms with Gasteiger partial charge in [-0.3, -0.25) is 0 Å². The van der Waals surface area contributed by atoms with E-state index in [1.54, 1.807) is 0 Å². The summed E-state index contributed by atoms with van der Waals surface area (Å²) in [6.07, 6.45) is 1.09. The minimum atomic E-state index is -2.48. The second-order valence-corrected chi connectivity index (χ2v) is 16.7. The van der Waals surface area contributed by atoms with Crippen LogP contribution in [0.1, 0.15) is 48.0 Å². The zero-order valence-corrected chi connectivity index (χ0v) is 20.7. The van der Waals surface area contributed by atoms with Crippen molar-refractivity contribution in [1.29, 1.82) is 0 Å². The summed E-state index contributed by atoms with van der Waals surface area (Å²) < 4.78 is 20.7. The van der Waals surface area contributed by atoms with Crippen molar-refractivity contribution in [3.8, 4) is 0 Å². The Bertz CT molecular complexity index is 378. The van der Waals surface area contributed by atoms with E-state index in [2.05, 4.69) is 43.3 Å². The van der Waals surface area contributed by atoms with Gasteiger partial charge in [0.2, 0.25) is 0 Å². The summed E-state index contributed by atoms with van der Waals surface area (Å²) >= 11 is 0. The quantitative estimate of drug-likeness (QED) is 0.485. The monoisotopic (exact) mass is 404 g/mol. The van der Waals surface area contributed by atoms with Gasteiger partial charge in [-0.15, -0.1) is 0 Å². The summed E-state index contributed by atoms with van der Waals surface area (Å²) in [5.41, 5.74) is 0. The Hall–Kier alpha value is 0.234. The van der Waals surface area contributed by atoms with Crippen molar-refractivity contribution in [3.63, 3.8) is 0 Å². The third kappa shape index (κ3) is 6.69. The first kappa shape index (κ1) is 24.3. The normalized spacial score (nSPS) is 18.5. The molecule has 0 saturated carbocycles. The minimum Gasteiger partial charge on any atom is -0.374 e. The number of rotatable bonds is 11. The molecule has 7 heteroatoms. The lowest BCUT2D eigenvalue weighted by molar-refractivity contribution is 0.0694. The molecule has 1 aliphatic rings. The molecule has 1 rings (SSSR count). The highest BCUT2D eigenvalue weighted by Crippen LogP contribution is 2.38. The number of hydrogen-bond acceptors (Lipinski definition) is 5. The van der Waals surface area contributed by atoms with E-state index in [1.165, 1.54) is 26.2 Å². The van der Waals surface area contributed by atoms with Gasteiger partial charge in [-0.1, -0.05) is 33.9 Å². The van der Waals surface area contributed by atoms with Gasteiger partial charge in [-0.05, 0) is 38.8 Å². The number of hydrogen-bond donors (Lipinski definition) is 0. The average molecular weight is 405 g/mol. The third-order valence-electron chi connectivity index (χ3n) is 6.05. The van der Waals surface area contributed by atoms with E-state index < -0.39 is 17.0 Å². The molecule has 0 bridgehead atoms. The first-order valence-electron chi connectivity index (χ1n) is 10.5. The number of piperazine rings is 1. The highest BCUT2D eigenvalue weighted by Gasteiger charge is 2.42. The molecule has 0 radical (unpaired) electrons. The van der Waals surface area contributed by atoms with Gasteiger partial charge in [-0.2, -0.15) is 0 Å². The highest BCUT2D eigenvalue weighted by atomic mass is 28.4. The summed E-state index contributed by atoms with van der Waals surface area (Å²) in [6, 6.07) is 0.922. The fraction of sp³-hybridized carbons (Fsp3) is 1.00. The Balaban J connectivity index is 2.48. The third-order valence-corrected chi connectivity index (χ3v) is 14.9. The van der Waals surface area contributed by atoms with Crippen LogP contribution in [-0.2, 0) is 13.3 Å². The van der Waals surface area contributed by atoms with Crippen LogP contribution in [0.2, 0.25) is 24.2 Å². The second kappa shape index (κ2) is 10.7. The molecule has 5 nitrogen and oxygen atoms in total. The molecule has 156 valence electrons. The van der Waals surface area contributed by atoms with Crippen LogP contribution in [-0.4, -0.2) is 79.0 Å². The highest BCUT2D eigenvalue weighted by molar-refractivity contribution is 6.77. The van der Waals surface area contributed by atoms with Crippen molar-refractivity contribution in [2.24, 2.45) is 0 Å². The predicted molar refractivity (Wildman–Crippen MR) is 115 cm³/mol. The first-order chi connectivity index (χ1) is 12.1. The van der Waals surface area contributed by atoms with Gasteiger partial charge >= 0.3 is 8.80 Å². The smallest absolute Gasteiger partial charge is 0.374 e. The van der Waals surface area contributed by atoms with Gasteiger partial charge in [0, 0.05) is 52.0 Å². The lowest BCUT2D eigenvalue weighted by atomic mass is 10.2. The van der Waals surface area contributed by atoms with Crippen molar-refractivity contribution < 1.29 is 13.3 Å². The first-order valence-corrected chi connectivity index (χ1v) is 15.4. The summed E-state index contributed by atoms with van der Waals surface area (Å²) in [5, 5.41) is 0.423. The van der Waals surface area contributed by atoms with Crippen LogP contribution in [0.3, 0.4) is 0 Å². The van der Waals surface area contributed by atoms with Gasteiger partial charge in [0.15, 0.2) is 0 Å². The summed E-state index contributed by atoms with van der Waals surface area (Å²) in [5.74, 6) is 0. The second-order valence-electron chi connectivity index (χ2n) is 8.72. The standard InChI is InChI=1S/C19H44N2O3Si2/c1-9-22-26(23-10-2,24-11-3)18-12-13-20-14-16-21(17-15-20)25(7,8)19(4,5)6/h9-18H2,1-8H3. The molecule has 0 aromatic rings. The van der Waals surface area contributed by atoms with E-state index in [9.17, 15) is 0 Å². The SMILES string of the molecule is CCO[Si](CCCN1CCN([Si](C)(C)C(C)(C)C)CC1)(OCC)OCC. The molecule has 26 heavy (non-hydrogen) atoms. The van der Waals surface area contributed by atoms with Crippen molar-refractivity contribution in [1.82, 2.24) is 9.47 Å². The van der Waals surface area contributed by atoms with E-state index >= 15 is 0 Å². The Labute approximate surface area is 164 Å². The Kier molecular flexibility index (Phi) is 9.98. The van der Waals surface area contributed by atoms with Gasteiger partial charge in [0.05, 0.1) is 0 Å². The van der Waals surface area contributed by atoms with Crippen LogP contribution in [0, 0.1) is 0 Å². The van der Waals surface area contributed by atoms with Crippen molar-refractivity contribution in [2.45, 2.75) is 72.1 Å². The molecule has 1 heterocycles. The van der Waals surface area contributed by atoms with E-state index in [0.717, 1.165) is 19.0 Å². The van der Waals surface area contributed by atoms with Crippen LogP contribution in [0.5, 0.6) is 0 Å². The Morgan fingerprint density at radius 3 is 1.65 bits per heavy atom. The van der Waals surface area contributed by atoms with E-state index in [-0.39, 0.29) is 0 Å². The van der Waals surface area contributed by atoms with Gasteiger partial charge < -0.3 is 22.7 Å². The maximum Gasteiger partial charge on any atom is 0.500 e. The molecule has 0 aromatic heterocycles. The van der Waals surface area contributed by atoms with Crippen LogP contribution in [0.25, 0.3) is 0 Å². The molecule has 1 fully saturated rings. The predicted octanol–water partition coefficient (Wildman–Crippen LogP) is 4.05.